The van der Waals surface area contributed by atoms with Crippen LogP contribution >= 0.6 is 11.3 Å². The van der Waals surface area contributed by atoms with Crippen molar-refractivity contribution in [2.75, 3.05) is 12.3 Å². The first-order chi connectivity index (χ1) is 8.99. The highest BCUT2D eigenvalue weighted by Crippen LogP contribution is 2.34. The van der Waals surface area contributed by atoms with Gasteiger partial charge in [-0.25, -0.2) is 0 Å². The van der Waals surface area contributed by atoms with Crippen LogP contribution in [0.25, 0.3) is 10.1 Å². The molecule has 0 atom stereocenters. The van der Waals surface area contributed by atoms with Crippen molar-refractivity contribution in [1.82, 2.24) is 5.32 Å². The van der Waals surface area contributed by atoms with Gasteiger partial charge in [-0.2, -0.15) is 0 Å². The lowest BCUT2D eigenvalue weighted by atomic mass is 10.1. The number of primary amides is 1. The largest absolute Gasteiger partial charge is 0.397 e. The molecule has 0 aliphatic heterocycles. The molecule has 2 amide bonds. The van der Waals surface area contributed by atoms with Gasteiger partial charge >= 0.3 is 0 Å². The molecule has 5 N–H and O–H groups in total. The van der Waals surface area contributed by atoms with Crippen LogP contribution in [0.1, 0.15) is 21.7 Å². The summed E-state index contributed by atoms with van der Waals surface area (Å²) >= 11 is 1.35. The molecule has 0 aliphatic rings. The summed E-state index contributed by atoms with van der Waals surface area (Å²) in [5.74, 6) is -0.710. The topological polar surface area (TPSA) is 98.2 Å². The zero-order chi connectivity index (χ0) is 14.0. The van der Waals surface area contributed by atoms with E-state index in [1.54, 1.807) is 0 Å². The maximum Gasteiger partial charge on any atom is 0.263 e. The number of hydrogen-bond donors (Lipinski definition) is 3. The number of fused-ring (bicyclic) bond motifs is 1. The van der Waals surface area contributed by atoms with E-state index >= 15 is 0 Å². The second-order valence-electron chi connectivity index (χ2n) is 4.32. The summed E-state index contributed by atoms with van der Waals surface area (Å²) in [6, 6.07) is 5.89. The number of benzene rings is 1. The number of hydrogen-bond acceptors (Lipinski definition) is 4. The molecule has 5 nitrogen and oxygen atoms in total. The first kappa shape index (κ1) is 13.4. The molecule has 0 fully saturated rings. The highest BCUT2D eigenvalue weighted by atomic mass is 32.1. The van der Waals surface area contributed by atoms with Gasteiger partial charge in [0, 0.05) is 23.1 Å². The summed E-state index contributed by atoms with van der Waals surface area (Å²) in [6.45, 7) is 2.20. The third-order valence-electron chi connectivity index (χ3n) is 2.75. The van der Waals surface area contributed by atoms with Gasteiger partial charge in [-0.05, 0) is 19.1 Å². The zero-order valence-electron chi connectivity index (χ0n) is 10.5. The Bertz CT molecular complexity index is 649. The summed E-state index contributed by atoms with van der Waals surface area (Å²) in [7, 11) is 0. The van der Waals surface area contributed by atoms with Gasteiger partial charge in [0.2, 0.25) is 5.91 Å². The first-order valence-corrected chi connectivity index (χ1v) is 6.66. The summed E-state index contributed by atoms with van der Waals surface area (Å²) in [6.07, 6.45) is 0.121. The van der Waals surface area contributed by atoms with E-state index in [0.29, 0.717) is 10.6 Å². The van der Waals surface area contributed by atoms with Crippen LogP contribution in [-0.2, 0) is 4.79 Å². The van der Waals surface area contributed by atoms with Crippen LogP contribution < -0.4 is 16.8 Å². The van der Waals surface area contributed by atoms with E-state index in [2.05, 4.69) is 5.32 Å². The minimum Gasteiger partial charge on any atom is -0.397 e. The number of nitrogens with one attached hydrogen (secondary N) is 1. The van der Waals surface area contributed by atoms with E-state index in [0.717, 1.165) is 15.6 Å². The molecule has 2 rings (SSSR count). The van der Waals surface area contributed by atoms with Crippen LogP contribution in [0.2, 0.25) is 0 Å². The lowest BCUT2D eigenvalue weighted by molar-refractivity contribution is -0.117. The normalized spacial score (nSPS) is 10.6. The molecule has 0 unspecified atom stereocenters. The van der Waals surface area contributed by atoms with Gasteiger partial charge in [0.05, 0.1) is 5.69 Å². The monoisotopic (exact) mass is 277 g/mol. The lowest BCUT2D eigenvalue weighted by Crippen LogP contribution is -2.27. The molecule has 0 spiro atoms. The predicted molar refractivity (Wildman–Crippen MR) is 77.1 cm³/mol. The average Bonchev–Trinajstić information content (AvgIpc) is 2.66. The lowest BCUT2D eigenvalue weighted by Gasteiger charge is -2.02. The highest BCUT2D eigenvalue weighted by molar-refractivity contribution is 7.21. The number of amides is 2. The van der Waals surface area contributed by atoms with Crippen LogP contribution in [0.5, 0.6) is 0 Å². The molecular formula is C13H15N3O2S. The minimum absolute atomic E-state index is 0.121. The van der Waals surface area contributed by atoms with Crippen LogP contribution in [0.15, 0.2) is 18.2 Å². The van der Waals surface area contributed by atoms with E-state index in [-0.39, 0.29) is 18.9 Å². The third kappa shape index (κ3) is 2.85. The Morgan fingerprint density at radius 3 is 2.79 bits per heavy atom. The maximum atomic E-state index is 12.0. The standard InChI is InChI=1S/C13H15N3O2S/c1-7-2-3-9-8(6-7)11(15)12(19-9)13(18)16-5-4-10(14)17/h2-3,6H,4-5,15H2,1H3,(H2,14,17)(H,16,18). The summed E-state index contributed by atoms with van der Waals surface area (Å²) < 4.78 is 0.975. The van der Waals surface area contributed by atoms with E-state index in [9.17, 15) is 9.59 Å². The summed E-state index contributed by atoms with van der Waals surface area (Å²) in [5, 5.41) is 3.53. The number of carbonyl (C=O) groups excluding carboxylic acids is 2. The molecule has 2 aromatic rings. The Hall–Kier alpha value is -2.08. The Morgan fingerprint density at radius 2 is 2.11 bits per heavy atom. The molecule has 0 saturated heterocycles. The second kappa shape index (κ2) is 5.27. The zero-order valence-corrected chi connectivity index (χ0v) is 11.3. The van der Waals surface area contributed by atoms with Crippen LogP contribution in [-0.4, -0.2) is 18.4 Å². The Kier molecular flexibility index (Phi) is 3.71. The van der Waals surface area contributed by atoms with Crippen LogP contribution in [0.4, 0.5) is 5.69 Å². The van der Waals surface area contributed by atoms with Gasteiger partial charge in [0.15, 0.2) is 0 Å². The Balaban J connectivity index is 2.22. The molecule has 1 heterocycles. The van der Waals surface area contributed by atoms with Crippen molar-refractivity contribution < 1.29 is 9.59 Å². The number of nitrogen functional groups attached to an aromatic ring is 1. The Labute approximate surface area is 114 Å². The van der Waals surface area contributed by atoms with Crippen LogP contribution in [0.3, 0.4) is 0 Å². The van der Waals surface area contributed by atoms with E-state index in [4.69, 9.17) is 11.5 Å². The van der Waals surface area contributed by atoms with Crippen molar-refractivity contribution in [1.29, 1.82) is 0 Å². The number of nitrogens with two attached hydrogens (primary N) is 2. The Morgan fingerprint density at radius 1 is 1.37 bits per heavy atom. The molecule has 0 aliphatic carbocycles. The van der Waals surface area contributed by atoms with Crippen LogP contribution in [0, 0.1) is 6.92 Å². The molecule has 6 heteroatoms. The fraction of sp³-hybridized carbons (Fsp3) is 0.231. The first-order valence-electron chi connectivity index (χ1n) is 5.84. The molecule has 100 valence electrons. The van der Waals surface area contributed by atoms with Gasteiger partial charge in [-0.15, -0.1) is 11.3 Å². The molecule has 19 heavy (non-hydrogen) atoms. The van der Waals surface area contributed by atoms with E-state index < -0.39 is 5.91 Å². The van der Waals surface area contributed by atoms with Crippen molar-refractivity contribution in [3.63, 3.8) is 0 Å². The summed E-state index contributed by atoms with van der Waals surface area (Å²) in [5.41, 5.74) is 12.6. The fourth-order valence-corrected chi connectivity index (χ4v) is 2.80. The highest BCUT2D eigenvalue weighted by Gasteiger charge is 2.16. The van der Waals surface area contributed by atoms with Crippen molar-refractivity contribution in [2.45, 2.75) is 13.3 Å². The number of aryl methyl sites for hydroxylation is 1. The van der Waals surface area contributed by atoms with Gasteiger partial charge in [-0.3, -0.25) is 9.59 Å². The average molecular weight is 277 g/mol. The van der Waals surface area contributed by atoms with E-state index in [1.165, 1.54) is 11.3 Å². The van der Waals surface area contributed by atoms with Crippen molar-refractivity contribution in [2.24, 2.45) is 5.73 Å². The smallest absolute Gasteiger partial charge is 0.263 e. The molecule has 0 bridgehead atoms. The van der Waals surface area contributed by atoms with E-state index in [1.807, 2.05) is 25.1 Å². The number of anilines is 1. The second-order valence-corrected chi connectivity index (χ2v) is 5.37. The number of thiophene rings is 1. The van der Waals surface area contributed by atoms with Gasteiger partial charge in [0.25, 0.3) is 5.91 Å². The van der Waals surface area contributed by atoms with Gasteiger partial charge in [0.1, 0.15) is 4.88 Å². The third-order valence-corrected chi connectivity index (χ3v) is 3.93. The number of rotatable bonds is 4. The molecule has 1 aromatic carbocycles. The summed E-state index contributed by atoms with van der Waals surface area (Å²) in [4.78, 5) is 23.1. The number of carbonyl (C=O) groups is 2. The minimum atomic E-state index is -0.444. The van der Waals surface area contributed by atoms with Crippen molar-refractivity contribution >= 4 is 38.9 Å². The predicted octanol–water partition coefficient (Wildman–Crippen LogP) is 1.40. The van der Waals surface area contributed by atoms with Gasteiger partial charge < -0.3 is 16.8 Å². The SMILES string of the molecule is Cc1ccc2sc(C(=O)NCCC(N)=O)c(N)c2c1. The fourth-order valence-electron chi connectivity index (χ4n) is 1.78. The van der Waals surface area contributed by atoms with Crippen molar-refractivity contribution in [3.05, 3.63) is 28.6 Å². The van der Waals surface area contributed by atoms with Gasteiger partial charge in [-0.1, -0.05) is 11.6 Å². The molecule has 0 radical (unpaired) electrons. The molecule has 0 saturated carbocycles. The maximum absolute atomic E-state index is 12.0. The molecular weight excluding hydrogens is 262 g/mol. The quantitative estimate of drug-likeness (QED) is 0.787. The molecule has 1 aromatic heterocycles. The van der Waals surface area contributed by atoms with Crippen molar-refractivity contribution in [3.8, 4) is 0 Å².